The Bertz CT molecular complexity index is 624. The molecule has 0 radical (unpaired) electrons. The number of rotatable bonds is 12. The fourth-order valence-electron chi connectivity index (χ4n) is 1.98. The lowest BCUT2D eigenvalue weighted by atomic mass is 10.1. The molecule has 0 aliphatic carbocycles. The molecule has 0 aromatic carbocycles. The summed E-state index contributed by atoms with van der Waals surface area (Å²) >= 11 is 0. The van der Waals surface area contributed by atoms with Crippen molar-refractivity contribution in [1.82, 2.24) is 16.0 Å². The third-order valence-electron chi connectivity index (χ3n) is 3.70. The third kappa shape index (κ3) is 8.82. The largest absolute Gasteiger partial charge is 0.481 e. The molecular formula is C15H26N4O10. The molecule has 0 spiro atoms. The number of aliphatic hydroxyl groups excluding tert-OH is 3. The molecule has 6 unspecified atom stereocenters. The molecule has 0 saturated heterocycles. The molecule has 0 aromatic heterocycles. The average Bonchev–Trinajstić information content (AvgIpc) is 2.61. The van der Waals surface area contributed by atoms with E-state index in [9.17, 15) is 39.3 Å². The lowest BCUT2D eigenvalue weighted by Crippen LogP contribution is -2.60. The Labute approximate surface area is 165 Å². The first-order valence-corrected chi connectivity index (χ1v) is 8.40. The number of carboxylic acid groups (broad SMARTS) is 2. The Morgan fingerprint density at radius 3 is 1.69 bits per heavy atom. The van der Waals surface area contributed by atoms with Gasteiger partial charge in [-0.05, 0) is 13.8 Å². The quantitative estimate of drug-likeness (QED) is 0.144. The van der Waals surface area contributed by atoms with E-state index in [1.807, 2.05) is 16.0 Å². The van der Waals surface area contributed by atoms with Gasteiger partial charge in [0.25, 0.3) is 0 Å². The van der Waals surface area contributed by atoms with Crippen LogP contribution in [0.3, 0.4) is 0 Å². The number of carbonyl (C=O) groups is 5. The number of nitrogens with two attached hydrogens (primary N) is 1. The van der Waals surface area contributed by atoms with Crippen molar-refractivity contribution in [2.75, 3.05) is 6.61 Å². The first-order chi connectivity index (χ1) is 13.3. The van der Waals surface area contributed by atoms with Crippen LogP contribution in [0.5, 0.6) is 0 Å². The van der Waals surface area contributed by atoms with Crippen molar-refractivity contribution in [3.63, 3.8) is 0 Å². The van der Waals surface area contributed by atoms with Crippen LogP contribution in [0.4, 0.5) is 0 Å². The number of aliphatic carboxylic acids is 2. The summed E-state index contributed by atoms with van der Waals surface area (Å²) in [5.41, 5.74) is 5.39. The van der Waals surface area contributed by atoms with Crippen molar-refractivity contribution in [2.24, 2.45) is 5.73 Å². The number of aliphatic hydroxyl groups is 3. The second kappa shape index (κ2) is 11.9. The monoisotopic (exact) mass is 422 g/mol. The van der Waals surface area contributed by atoms with Crippen LogP contribution in [0.25, 0.3) is 0 Å². The molecule has 0 aliphatic rings. The lowest BCUT2D eigenvalue weighted by Gasteiger charge is -2.24. The highest BCUT2D eigenvalue weighted by atomic mass is 16.4. The summed E-state index contributed by atoms with van der Waals surface area (Å²) in [4.78, 5) is 58.2. The Morgan fingerprint density at radius 1 is 0.828 bits per heavy atom. The highest BCUT2D eigenvalue weighted by Crippen LogP contribution is 2.00. The van der Waals surface area contributed by atoms with E-state index >= 15 is 0 Å². The van der Waals surface area contributed by atoms with E-state index < -0.39 is 79.1 Å². The van der Waals surface area contributed by atoms with E-state index in [0.29, 0.717) is 0 Å². The van der Waals surface area contributed by atoms with Crippen LogP contribution in [-0.2, 0) is 24.0 Å². The van der Waals surface area contributed by atoms with Crippen LogP contribution in [0.15, 0.2) is 0 Å². The highest BCUT2D eigenvalue weighted by Gasteiger charge is 2.33. The van der Waals surface area contributed by atoms with Gasteiger partial charge in [-0.1, -0.05) is 0 Å². The Morgan fingerprint density at radius 2 is 1.31 bits per heavy atom. The van der Waals surface area contributed by atoms with Crippen molar-refractivity contribution in [2.45, 2.75) is 56.6 Å². The maximum Gasteiger partial charge on any atom is 0.328 e. The molecular weight excluding hydrogens is 396 g/mol. The number of carbonyl (C=O) groups excluding carboxylic acids is 3. The van der Waals surface area contributed by atoms with Gasteiger partial charge in [0.15, 0.2) is 6.04 Å². The van der Waals surface area contributed by atoms with Gasteiger partial charge < -0.3 is 47.2 Å². The van der Waals surface area contributed by atoms with Gasteiger partial charge in [0.05, 0.1) is 25.2 Å². The van der Waals surface area contributed by atoms with E-state index in [1.54, 1.807) is 0 Å². The predicted molar refractivity (Wildman–Crippen MR) is 94.1 cm³/mol. The zero-order valence-electron chi connectivity index (χ0n) is 15.7. The first kappa shape index (κ1) is 26.2. The van der Waals surface area contributed by atoms with Crippen LogP contribution in [0.2, 0.25) is 0 Å². The maximum atomic E-state index is 12.2. The van der Waals surface area contributed by atoms with E-state index in [4.69, 9.17) is 15.9 Å². The minimum atomic E-state index is -1.78. The summed E-state index contributed by atoms with van der Waals surface area (Å²) < 4.78 is 0. The smallest absolute Gasteiger partial charge is 0.328 e. The van der Waals surface area contributed by atoms with Crippen molar-refractivity contribution < 1.29 is 49.5 Å². The zero-order chi connectivity index (χ0) is 22.9. The van der Waals surface area contributed by atoms with Crippen LogP contribution < -0.4 is 21.7 Å². The second-order valence-electron chi connectivity index (χ2n) is 6.23. The molecule has 0 saturated carbocycles. The zero-order valence-corrected chi connectivity index (χ0v) is 15.7. The van der Waals surface area contributed by atoms with Gasteiger partial charge in [-0.25, -0.2) is 4.79 Å². The standard InChI is InChI=1S/C15H26N4O10/c1-5(21)10(16)14(27)18-8(4-20)13(26)17-7(3-9(23)24)12(25)19-11(6(2)22)15(28)29/h5-8,10-11,20-22H,3-4,16H2,1-2H3,(H,17,26)(H,18,27)(H,19,25)(H,23,24)(H,28,29). The van der Waals surface area contributed by atoms with Gasteiger partial charge in [-0.2, -0.15) is 0 Å². The molecule has 0 heterocycles. The molecule has 0 bridgehead atoms. The molecule has 14 nitrogen and oxygen atoms in total. The number of hydrogen-bond donors (Lipinski definition) is 9. The molecule has 0 rings (SSSR count). The Hall–Kier alpha value is -2.81. The lowest BCUT2D eigenvalue weighted by molar-refractivity contribution is -0.146. The normalized spacial score (nSPS) is 17.0. The minimum Gasteiger partial charge on any atom is -0.481 e. The van der Waals surface area contributed by atoms with Crippen LogP contribution in [0.1, 0.15) is 20.3 Å². The molecule has 166 valence electrons. The molecule has 0 aromatic rings. The van der Waals surface area contributed by atoms with Gasteiger partial charge in [0.1, 0.15) is 18.1 Å². The second-order valence-corrected chi connectivity index (χ2v) is 6.23. The van der Waals surface area contributed by atoms with E-state index in [2.05, 4.69) is 0 Å². The van der Waals surface area contributed by atoms with Crippen molar-refractivity contribution in [3.8, 4) is 0 Å². The SMILES string of the molecule is CC(O)C(N)C(=O)NC(CO)C(=O)NC(CC(=O)O)C(=O)NC(C(=O)O)C(C)O. The minimum absolute atomic E-state index is 0.947. The molecule has 3 amide bonds. The first-order valence-electron chi connectivity index (χ1n) is 8.40. The summed E-state index contributed by atoms with van der Waals surface area (Å²) in [6.07, 6.45) is -3.75. The summed E-state index contributed by atoms with van der Waals surface area (Å²) in [5.74, 6) is -6.49. The maximum absolute atomic E-state index is 12.2. The van der Waals surface area contributed by atoms with Gasteiger partial charge in [-0.3, -0.25) is 19.2 Å². The van der Waals surface area contributed by atoms with Gasteiger partial charge in [-0.15, -0.1) is 0 Å². The summed E-state index contributed by atoms with van der Waals surface area (Å²) in [6, 6.07) is -6.61. The third-order valence-corrected chi connectivity index (χ3v) is 3.70. The topological polar surface area (TPSA) is 249 Å². The fourth-order valence-corrected chi connectivity index (χ4v) is 1.98. The Kier molecular flexibility index (Phi) is 10.7. The van der Waals surface area contributed by atoms with Crippen LogP contribution in [0, 0.1) is 0 Å². The number of amides is 3. The number of carboxylic acids is 2. The average molecular weight is 422 g/mol. The highest BCUT2D eigenvalue weighted by molar-refractivity contribution is 5.95. The predicted octanol–water partition coefficient (Wildman–Crippen LogP) is -4.92. The van der Waals surface area contributed by atoms with E-state index in [1.165, 1.54) is 6.92 Å². The molecule has 6 atom stereocenters. The molecule has 29 heavy (non-hydrogen) atoms. The summed E-state index contributed by atoms with van der Waals surface area (Å²) in [7, 11) is 0. The molecule has 0 fully saturated rings. The van der Waals surface area contributed by atoms with Gasteiger partial charge in [0, 0.05) is 0 Å². The number of nitrogens with one attached hydrogen (secondary N) is 3. The summed E-state index contributed by atoms with van der Waals surface area (Å²) in [5, 5.41) is 51.7. The number of hydrogen-bond acceptors (Lipinski definition) is 9. The molecule has 10 N–H and O–H groups in total. The summed E-state index contributed by atoms with van der Waals surface area (Å²) in [6.45, 7) is 1.34. The van der Waals surface area contributed by atoms with E-state index in [-0.39, 0.29) is 0 Å². The van der Waals surface area contributed by atoms with Crippen LogP contribution >= 0.6 is 0 Å². The van der Waals surface area contributed by atoms with Gasteiger partial charge >= 0.3 is 11.9 Å². The van der Waals surface area contributed by atoms with Crippen molar-refractivity contribution in [1.29, 1.82) is 0 Å². The van der Waals surface area contributed by atoms with Gasteiger partial charge in [0.2, 0.25) is 17.7 Å². The fraction of sp³-hybridized carbons (Fsp3) is 0.667. The molecule has 14 heteroatoms. The Balaban J connectivity index is 5.30. The van der Waals surface area contributed by atoms with Crippen LogP contribution in [-0.4, -0.2) is 98.2 Å². The van der Waals surface area contributed by atoms with E-state index in [0.717, 1.165) is 6.92 Å². The van der Waals surface area contributed by atoms with Crippen molar-refractivity contribution in [3.05, 3.63) is 0 Å². The molecule has 0 aliphatic heterocycles. The van der Waals surface area contributed by atoms with Crippen molar-refractivity contribution >= 4 is 29.7 Å².